The topological polar surface area (TPSA) is 120 Å². The molecule has 0 bridgehead atoms. The average Bonchev–Trinajstić information content (AvgIpc) is 3.33. The van der Waals surface area contributed by atoms with Crippen LogP contribution in [-0.2, 0) is 25.5 Å². The van der Waals surface area contributed by atoms with E-state index in [1.807, 2.05) is 30.3 Å². The molecule has 9 nitrogen and oxygen atoms in total. The Kier molecular flexibility index (Phi) is 6.89. The summed E-state index contributed by atoms with van der Waals surface area (Å²) in [5, 5.41) is 5.00. The first kappa shape index (κ1) is 22.5. The number of carbonyl (C=O) groups is 3. The number of esters is 1. The fourth-order valence-electron chi connectivity index (χ4n) is 3.21. The molecule has 0 radical (unpaired) electrons. The van der Waals surface area contributed by atoms with Crippen LogP contribution in [0.4, 0.5) is 5.69 Å². The van der Waals surface area contributed by atoms with Crippen LogP contribution in [0.2, 0.25) is 0 Å². The molecule has 166 valence electrons. The van der Waals surface area contributed by atoms with Gasteiger partial charge in [-0.15, -0.1) is 0 Å². The summed E-state index contributed by atoms with van der Waals surface area (Å²) in [5.41, 5.74) is 0.328. The van der Waals surface area contributed by atoms with Crippen LogP contribution in [0.25, 0.3) is 11.3 Å². The van der Waals surface area contributed by atoms with E-state index in [-0.39, 0.29) is 6.42 Å². The number of oxazole rings is 1. The van der Waals surface area contributed by atoms with Crippen molar-refractivity contribution in [2.75, 3.05) is 19.5 Å². The van der Waals surface area contributed by atoms with Crippen molar-refractivity contribution in [2.45, 2.75) is 18.9 Å². The van der Waals surface area contributed by atoms with Gasteiger partial charge in [0.1, 0.15) is 11.3 Å². The third-order valence-corrected chi connectivity index (χ3v) is 4.79. The first-order valence-corrected chi connectivity index (χ1v) is 9.69. The van der Waals surface area contributed by atoms with Crippen LogP contribution in [0.1, 0.15) is 12.5 Å². The van der Waals surface area contributed by atoms with Crippen LogP contribution in [0.5, 0.6) is 5.75 Å². The lowest BCUT2D eigenvalue weighted by Crippen LogP contribution is -2.56. The lowest BCUT2D eigenvalue weighted by Gasteiger charge is -2.27. The molecule has 32 heavy (non-hydrogen) atoms. The molecule has 2 amide bonds. The van der Waals surface area contributed by atoms with Gasteiger partial charge in [-0.2, -0.15) is 0 Å². The Hall–Kier alpha value is -4.14. The number of methoxy groups -OCH3 is 2. The van der Waals surface area contributed by atoms with E-state index in [1.165, 1.54) is 33.7 Å². The number of rotatable bonds is 7. The molecule has 3 aromatic rings. The van der Waals surface area contributed by atoms with Gasteiger partial charge >= 0.3 is 17.8 Å². The number of aromatic nitrogens is 1. The molecule has 9 heteroatoms. The number of benzene rings is 2. The Bertz CT molecular complexity index is 1100. The summed E-state index contributed by atoms with van der Waals surface area (Å²) in [6.45, 7) is 1.51. The van der Waals surface area contributed by atoms with Crippen LogP contribution in [0, 0.1) is 0 Å². The van der Waals surface area contributed by atoms with Gasteiger partial charge in [0.15, 0.2) is 12.2 Å². The van der Waals surface area contributed by atoms with Gasteiger partial charge in [-0.1, -0.05) is 30.3 Å². The zero-order valence-electron chi connectivity index (χ0n) is 17.9. The van der Waals surface area contributed by atoms with Crippen LogP contribution in [0.15, 0.2) is 65.5 Å². The van der Waals surface area contributed by atoms with Crippen molar-refractivity contribution in [1.82, 2.24) is 10.3 Å². The fourth-order valence-corrected chi connectivity index (χ4v) is 3.21. The molecule has 3 rings (SSSR count). The lowest BCUT2D eigenvalue weighted by atomic mass is 9.92. The molecule has 1 unspecified atom stereocenters. The van der Waals surface area contributed by atoms with Crippen molar-refractivity contribution in [3.05, 3.63) is 66.7 Å². The molecule has 0 aliphatic rings. The molecule has 0 aliphatic heterocycles. The number of hydrogen-bond donors (Lipinski definition) is 2. The highest BCUT2D eigenvalue weighted by Crippen LogP contribution is 2.32. The van der Waals surface area contributed by atoms with Crippen LogP contribution in [-0.4, -0.2) is 42.5 Å². The van der Waals surface area contributed by atoms with Crippen molar-refractivity contribution in [1.29, 1.82) is 0 Å². The van der Waals surface area contributed by atoms with Crippen molar-refractivity contribution in [3.8, 4) is 17.1 Å². The Morgan fingerprint density at radius 1 is 1.06 bits per heavy atom. The molecule has 2 N–H and O–H groups in total. The summed E-state index contributed by atoms with van der Waals surface area (Å²) in [7, 11) is 2.69. The minimum atomic E-state index is -1.43. The zero-order valence-corrected chi connectivity index (χ0v) is 17.9. The first-order chi connectivity index (χ1) is 15.4. The number of amides is 2. The number of carbonyl (C=O) groups excluding carboxylic acids is 3. The van der Waals surface area contributed by atoms with E-state index >= 15 is 0 Å². The Morgan fingerprint density at radius 2 is 1.81 bits per heavy atom. The van der Waals surface area contributed by atoms with Gasteiger partial charge in [0, 0.05) is 18.2 Å². The summed E-state index contributed by atoms with van der Waals surface area (Å²) < 4.78 is 15.5. The van der Waals surface area contributed by atoms with Crippen molar-refractivity contribution in [3.63, 3.8) is 0 Å². The van der Waals surface area contributed by atoms with Crippen molar-refractivity contribution < 1.29 is 28.3 Å². The maximum absolute atomic E-state index is 12.6. The van der Waals surface area contributed by atoms with E-state index in [4.69, 9.17) is 13.9 Å². The van der Waals surface area contributed by atoms with Gasteiger partial charge in [0.2, 0.25) is 0 Å². The second-order valence-corrected chi connectivity index (χ2v) is 7.18. The lowest BCUT2D eigenvalue weighted by molar-refractivity contribution is -0.151. The minimum Gasteiger partial charge on any atom is -0.496 e. The maximum atomic E-state index is 12.6. The maximum Gasteiger partial charge on any atom is 0.331 e. The smallest absolute Gasteiger partial charge is 0.331 e. The predicted octanol–water partition coefficient (Wildman–Crippen LogP) is 2.58. The van der Waals surface area contributed by atoms with Crippen LogP contribution in [0.3, 0.4) is 0 Å². The van der Waals surface area contributed by atoms with E-state index in [0.29, 0.717) is 22.8 Å². The second-order valence-electron chi connectivity index (χ2n) is 7.18. The highest BCUT2D eigenvalue weighted by atomic mass is 16.5. The molecule has 0 spiro atoms. The summed E-state index contributed by atoms with van der Waals surface area (Å²) in [6.07, 6.45) is 2.98. The number of nitrogens with one attached hydrogen (secondary N) is 2. The van der Waals surface area contributed by atoms with Crippen LogP contribution >= 0.6 is 0 Å². The normalized spacial score (nSPS) is 12.3. The van der Waals surface area contributed by atoms with Crippen molar-refractivity contribution in [2.24, 2.45) is 0 Å². The number of hydrogen-bond acceptors (Lipinski definition) is 7. The molecule has 0 saturated heterocycles. The number of nitrogens with zero attached hydrogens (tertiary/aromatic N) is 1. The molecule has 0 aliphatic carbocycles. The molecule has 0 fully saturated rings. The highest BCUT2D eigenvalue weighted by Gasteiger charge is 2.38. The molecule has 1 atom stereocenters. The van der Waals surface area contributed by atoms with Gasteiger partial charge < -0.3 is 24.5 Å². The monoisotopic (exact) mass is 437 g/mol. The van der Waals surface area contributed by atoms with E-state index in [1.54, 1.807) is 18.2 Å². The van der Waals surface area contributed by atoms with E-state index in [9.17, 15) is 14.4 Å². The third-order valence-electron chi connectivity index (χ3n) is 4.79. The molecule has 0 saturated carbocycles. The van der Waals surface area contributed by atoms with Gasteiger partial charge in [-0.05, 0) is 24.6 Å². The standard InChI is InChI=1S/C23H23N3O6/c1-23(22(29)31-3,12-15-7-5-4-6-8-15)26-21(28)20(27)25-16-9-10-17(18(11-16)30-2)19-13-24-14-32-19/h4-11,13-14H,12H2,1-3H3,(H,25,27)(H,26,28). The van der Waals surface area contributed by atoms with E-state index in [2.05, 4.69) is 15.6 Å². The highest BCUT2D eigenvalue weighted by molar-refractivity contribution is 6.40. The van der Waals surface area contributed by atoms with E-state index < -0.39 is 23.3 Å². The molecule has 2 aromatic carbocycles. The van der Waals surface area contributed by atoms with Gasteiger partial charge in [-0.3, -0.25) is 9.59 Å². The quantitative estimate of drug-likeness (QED) is 0.431. The molecular formula is C23H23N3O6. The molecule has 1 heterocycles. The first-order valence-electron chi connectivity index (χ1n) is 9.69. The van der Waals surface area contributed by atoms with Crippen molar-refractivity contribution >= 4 is 23.5 Å². The summed E-state index contributed by atoms with van der Waals surface area (Å²) >= 11 is 0. The summed E-state index contributed by atoms with van der Waals surface area (Å²) in [4.78, 5) is 41.4. The van der Waals surface area contributed by atoms with Crippen LogP contribution < -0.4 is 15.4 Å². The largest absolute Gasteiger partial charge is 0.496 e. The Balaban J connectivity index is 1.74. The molecular weight excluding hydrogens is 414 g/mol. The Labute approximate surface area is 184 Å². The minimum absolute atomic E-state index is 0.152. The van der Waals surface area contributed by atoms with Gasteiger partial charge in [0.25, 0.3) is 0 Å². The average molecular weight is 437 g/mol. The second kappa shape index (κ2) is 9.78. The molecule has 1 aromatic heterocycles. The third kappa shape index (κ3) is 5.12. The SMILES string of the molecule is COC(=O)C(C)(Cc1ccccc1)NC(=O)C(=O)Nc1ccc(-c2cnco2)c(OC)c1. The number of ether oxygens (including phenoxy) is 2. The number of anilines is 1. The Morgan fingerprint density at radius 3 is 2.44 bits per heavy atom. The predicted molar refractivity (Wildman–Crippen MR) is 116 cm³/mol. The zero-order chi connectivity index (χ0) is 23.1. The fraction of sp³-hybridized carbons (Fsp3) is 0.217. The summed E-state index contributed by atoms with van der Waals surface area (Å²) in [5.74, 6) is -1.67. The van der Waals surface area contributed by atoms with E-state index in [0.717, 1.165) is 5.56 Å². The van der Waals surface area contributed by atoms with Gasteiger partial charge in [-0.25, -0.2) is 9.78 Å². The van der Waals surface area contributed by atoms with Gasteiger partial charge in [0.05, 0.1) is 26.0 Å². The summed E-state index contributed by atoms with van der Waals surface area (Å²) in [6, 6.07) is 13.9.